The lowest BCUT2D eigenvalue weighted by molar-refractivity contribution is 0.355. The minimum atomic E-state index is 0.253. The summed E-state index contributed by atoms with van der Waals surface area (Å²) in [6, 6.07) is 12.5. The molecule has 0 aliphatic carbocycles. The first-order chi connectivity index (χ1) is 11.1. The van der Waals surface area contributed by atoms with Crippen LogP contribution in [0.3, 0.4) is 0 Å². The van der Waals surface area contributed by atoms with E-state index in [1.807, 2.05) is 12.1 Å². The summed E-state index contributed by atoms with van der Waals surface area (Å²) in [7, 11) is 3.16. The zero-order valence-corrected chi connectivity index (χ0v) is 13.2. The van der Waals surface area contributed by atoms with E-state index in [1.54, 1.807) is 44.6 Å². The predicted octanol–water partition coefficient (Wildman–Crippen LogP) is 2.38. The standard InChI is InChI=1S/C17H21N3O3/c1-22-15-7-6-13(11-16(15)23-2)20-17(18)19-9-8-12-4-3-5-14(21)10-12/h3-7,10-11,21H,8-9H2,1-2H3,(H3,18,19,20). The maximum absolute atomic E-state index is 9.41. The van der Waals surface area contributed by atoms with Crippen LogP contribution in [0, 0.1) is 0 Å². The van der Waals surface area contributed by atoms with Gasteiger partial charge in [0, 0.05) is 18.3 Å². The highest BCUT2D eigenvalue weighted by molar-refractivity contribution is 5.92. The van der Waals surface area contributed by atoms with Crippen molar-refractivity contribution in [2.24, 2.45) is 10.7 Å². The molecule has 0 aliphatic rings. The Balaban J connectivity index is 1.94. The summed E-state index contributed by atoms with van der Waals surface area (Å²) in [4.78, 5) is 4.27. The van der Waals surface area contributed by atoms with Crippen molar-refractivity contribution in [3.8, 4) is 17.2 Å². The molecule has 0 fully saturated rings. The predicted molar refractivity (Wildman–Crippen MR) is 91.5 cm³/mol. The highest BCUT2D eigenvalue weighted by Gasteiger charge is 2.05. The van der Waals surface area contributed by atoms with Gasteiger partial charge in [-0.15, -0.1) is 0 Å². The Kier molecular flexibility index (Phi) is 5.68. The molecule has 0 saturated carbocycles. The smallest absolute Gasteiger partial charge is 0.193 e. The molecule has 2 aromatic carbocycles. The van der Waals surface area contributed by atoms with E-state index in [9.17, 15) is 5.11 Å². The zero-order chi connectivity index (χ0) is 16.7. The quantitative estimate of drug-likeness (QED) is 0.562. The van der Waals surface area contributed by atoms with Crippen LogP contribution in [0.1, 0.15) is 5.56 Å². The number of aromatic hydroxyl groups is 1. The molecular formula is C17H21N3O3. The number of ether oxygens (including phenoxy) is 2. The number of phenols is 1. The fourth-order valence-corrected chi connectivity index (χ4v) is 2.12. The lowest BCUT2D eigenvalue weighted by Crippen LogP contribution is -2.23. The fraction of sp³-hybridized carbons (Fsp3) is 0.235. The van der Waals surface area contributed by atoms with Gasteiger partial charge in [-0.25, -0.2) is 0 Å². The SMILES string of the molecule is COc1ccc(NC(N)=NCCc2cccc(O)c2)cc1OC. The number of aliphatic imine (C=N–C) groups is 1. The normalized spacial score (nSPS) is 11.1. The third kappa shape index (κ3) is 4.81. The number of nitrogens with two attached hydrogens (primary N) is 1. The number of anilines is 1. The number of hydrogen-bond donors (Lipinski definition) is 3. The minimum absolute atomic E-state index is 0.253. The molecule has 6 heteroatoms. The van der Waals surface area contributed by atoms with Crippen molar-refractivity contribution in [2.45, 2.75) is 6.42 Å². The van der Waals surface area contributed by atoms with E-state index in [4.69, 9.17) is 15.2 Å². The molecule has 0 unspecified atom stereocenters. The van der Waals surface area contributed by atoms with Gasteiger partial charge in [-0.05, 0) is 36.2 Å². The summed E-state index contributed by atoms with van der Waals surface area (Å²) in [5.74, 6) is 1.84. The molecule has 0 radical (unpaired) electrons. The summed E-state index contributed by atoms with van der Waals surface area (Å²) in [5.41, 5.74) is 7.65. The first-order valence-corrected chi connectivity index (χ1v) is 7.19. The Labute approximate surface area is 135 Å². The average Bonchev–Trinajstić information content (AvgIpc) is 2.54. The van der Waals surface area contributed by atoms with Gasteiger partial charge in [0.1, 0.15) is 5.75 Å². The van der Waals surface area contributed by atoms with Crippen LogP contribution in [-0.4, -0.2) is 31.8 Å². The van der Waals surface area contributed by atoms with Crippen molar-refractivity contribution >= 4 is 11.6 Å². The van der Waals surface area contributed by atoms with Crippen LogP contribution >= 0.6 is 0 Å². The summed E-state index contributed by atoms with van der Waals surface area (Å²) >= 11 is 0. The lowest BCUT2D eigenvalue weighted by atomic mass is 10.1. The van der Waals surface area contributed by atoms with Crippen molar-refractivity contribution in [1.82, 2.24) is 0 Å². The minimum Gasteiger partial charge on any atom is -0.508 e. The second-order valence-electron chi connectivity index (χ2n) is 4.88. The Bertz CT molecular complexity index is 687. The van der Waals surface area contributed by atoms with Crippen molar-refractivity contribution < 1.29 is 14.6 Å². The first-order valence-electron chi connectivity index (χ1n) is 7.19. The number of nitrogens with zero attached hydrogens (tertiary/aromatic N) is 1. The van der Waals surface area contributed by atoms with Gasteiger partial charge in [0.05, 0.1) is 14.2 Å². The lowest BCUT2D eigenvalue weighted by Gasteiger charge is -2.11. The average molecular weight is 315 g/mol. The van der Waals surface area contributed by atoms with Gasteiger partial charge in [-0.1, -0.05) is 12.1 Å². The number of nitrogens with one attached hydrogen (secondary N) is 1. The van der Waals surface area contributed by atoms with Crippen LogP contribution in [0.25, 0.3) is 0 Å². The molecule has 23 heavy (non-hydrogen) atoms. The molecule has 2 rings (SSSR count). The molecule has 6 nitrogen and oxygen atoms in total. The van der Waals surface area contributed by atoms with E-state index < -0.39 is 0 Å². The molecule has 0 aliphatic heterocycles. The van der Waals surface area contributed by atoms with E-state index >= 15 is 0 Å². The van der Waals surface area contributed by atoms with Gasteiger partial charge in [-0.3, -0.25) is 4.99 Å². The molecular weight excluding hydrogens is 294 g/mol. The molecule has 4 N–H and O–H groups in total. The van der Waals surface area contributed by atoms with Crippen LogP contribution in [0.5, 0.6) is 17.2 Å². The van der Waals surface area contributed by atoms with E-state index in [1.165, 1.54) is 0 Å². The molecule has 0 bridgehead atoms. The summed E-state index contributed by atoms with van der Waals surface area (Å²) in [6.45, 7) is 0.523. The molecule has 0 saturated heterocycles. The Morgan fingerprint density at radius 2 is 1.91 bits per heavy atom. The number of methoxy groups -OCH3 is 2. The maximum atomic E-state index is 9.41. The number of hydrogen-bond acceptors (Lipinski definition) is 4. The molecule has 0 spiro atoms. The molecule has 122 valence electrons. The van der Waals surface area contributed by atoms with Crippen molar-refractivity contribution in [2.75, 3.05) is 26.1 Å². The van der Waals surface area contributed by atoms with Crippen LogP contribution in [0.2, 0.25) is 0 Å². The fourth-order valence-electron chi connectivity index (χ4n) is 2.12. The monoisotopic (exact) mass is 315 g/mol. The largest absolute Gasteiger partial charge is 0.508 e. The van der Waals surface area contributed by atoms with Crippen molar-refractivity contribution in [1.29, 1.82) is 0 Å². The van der Waals surface area contributed by atoms with Crippen LogP contribution in [0.4, 0.5) is 5.69 Å². The Morgan fingerprint density at radius 1 is 1.13 bits per heavy atom. The van der Waals surface area contributed by atoms with Gasteiger partial charge < -0.3 is 25.6 Å². The topological polar surface area (TPSA) is 89.1 Å². The van der Waals surface area contributed by atoms with E-state index in [0.29, 0.717) is 30.4 Å². The maximum Gasteiger partial charge on any atom is 0.193 e. The molecule has 0 aromatic heterocycles. The molecule has 0 amide bonds. The summed E-state index contributed by atoms with van der Waals surface area (Å²) in [6.07, 6.45) is 0.697. The molecule has 2 aromatic rings. The van der Waals surface area contributed by atoms with E-state index in [-0.39, 0.29) is 5.75 Å². The van der Waals surface area contributed by atoms with Gasteiger partial charge in [-0.2, -0.15) is 0 Å². The molecule has 0 atom stereocenters. The summed E-state index contributed by atoms with van der Waals surface area (Å²) < 4.78 is 10.4. The number of benzene rings is 2. The van der Waals surface area contributed by atoms with Crippen LogP contribution in [-0.2, 0) is 6.42 Å². The van der Waals surface area contributed by atoms with Gasteiger partial charge in [0.2, 0.25) is 0 Å². The second-order valence-corrected chi connectivity index (χ2v) is 4.88. The first kappa shape index (κ1) is 16.5. The zero-order valence-electron chi connectivity index (χ0n) is 13.2. The number of phenolic OH excluding ortho intramolecular Hbond substituents is 1. The van der Waals surface area contributed by atoms with Gasteiger partial charge in [0.15, 0.2) is 17.5 Å². The van der Waals surface area contributed by atoms with E-state index in [2.05, 4.69) is 10.3 Å². The third-order valence-electron chi connectivity index (χ3n) is 3.25. The highest BCUT2D eigenvalue weighted by Crippen LogP contribution is 2.29. The number of rotatable bonds is 6. The van der Waals surface area contributed by atoms with Gasteiger partial charge in [0.25, 0.3) is 0 Å². The Morgan fingerprint density at radius 3 is 2.61 bits per heavy atom. The third-order valence-corrected chi connectivity index (χ3v) is 3.25. The van der Waals surface area contributed by atoms with E-state index in [0.717, 1.165) is 11.3 Å². The van der Waals surface area contributed by atoms with Crippen molar-refractivity contribution in [3.05, 3.63) is 48.0 Å². The number of guanidine groups is 1. The second kappa shape index (κ2) is 7.93. The van der Waals surface area contributed by atoms with Crippen LogP contribution < -0.4 is 20.5 Å². The van der Waals surface area contributed by atoms with Crippen molar-refractivity contribution in [3.63, 3.8) is 0 Å². The molecule has 0 heterocycles. The summed E-state index contributed by atoms with van der Waals surface area (Å²) in [5, 5.41) is 12.4. The Hall–Kier alpha value is -2.89. The van der Waals surface area contributed by atoms with Gasteiger partial charge >= 0.3 is 0 Å². The highest BCUT2D eigenvalue weighted by atomic mass is 16.5. The van der Waals surface area contributed by atoms with Crippen LogP contribution in [0.15, 0.2) is 47.5 Å².